The molecule has 0 amide bonds. The van der Waals surface area contributed by atoms with Crippen molar-refractivity contribution in [3.05, 3.63) is 35.1 Å². The summed E-state index contributed by atoms with van der Waals surface area (Å²) in [5.41, 5.74) is 1.32. The van der Waals surface area contributed by atoms with Crippen molar-refractivity contribution in [2.75, 3.05) is 13.1 Å². The van der Waals surface area contributed by atoms with Crippen LogP contribution in [0.15, 0.2) is 18.2 Å². The summed E-state index contributed by atoms with van der Waals surface area (Å²) in [6.45, 7) is 5.99. The molecule has 2 nitrogen and oxygen atoms in total. The third-order valence-electron chi connectivity index (χ3n) is 4.24. The molecule has 106 valence electrons. The van der Waals surface area contributed by atoms with Gasteiger partial charge in [-0.15, -0.1) is 0 Å². The first-order valence-electron chi connectivity index (χ1n) is 7.30. The maximum Gasteiger partial charge on any atom is 0.126 e. The number of aliphatic hydroxyl groups is 1. The minimum absolute atomic E-state index is 0.232. The van der Waals surface area contributed by atoms with Crippen LogP contribution in [-0.2, 0) is 0 Å². The van der Waals surface area contributed by atoms with E-state index in [0.29, 0.717) is 23.6 Å². The van der Waals surface area contributed by atoms with Gasteiger partial charge in [0.25, 0.3) is 0 Å². The van der Waals surface area contributed by atoms with Gasteiger partial charge in [-0.3, -0.25) is 0 Å². The summed E-state index contributed by atoms with van der Waals surface area (Å²) in [4.78, 5) is 2.45. The lowest BCUT2D eigenvalue weighted by atomic mass is 10.0. The predicted molar refractivity (Wildman–Crippen MR) is 75.6 cm³/mol. The molecule has 0 saturated carbocycles. The Morgan fingerprint density at radius 2 is 2.26 bits per heavy atom. The number of nitrogens with zero attached hydrogens (tertiary/aromatic N) is 1. The fourth-order valence-electron chi connectivity index (χ4n) is 2.92. The van der Waals surface area contributed by atoms with E-state index in [0.717, 1.165) is 13.1 Å². The molecular formula is C16H24FNO. The standard InChI is InChI=1S/C16H24FNO/c1-3-14-5-4-9-18(14)10-8-16(19)13-7-6-12(2)15(17)11-13/h6-7,11,14,16,19H,3-5,8-10H2,1-2H3. The molecule has 1 fully saturated rings. The molecule has 0 aromatic heterocycles. The normalized spacial score (nSPS) is 21.8. The number of rotatable bonds is 5. The number of halogens is 1. The van der Waals surface area contributed by atoms with E-state index in [-0.39, 0.29) is 5.82 Å². The number of benzene rings is 1. The van der Waals surface area contributed by atoms with E-state index < -0.39 is 6.10 Å². The molecule has 1 aliphatic rings. The predicted octanol–water partition coefficient (Wildman–Crippen LogP) is 3.43. The molecule has 0 aliphatic carbocycles. The molecule has 1 aromatic carbocycles. The molecule has 2 atom stereocenters. The molecular weight excluding hydrogens is 241 g/mol. The number of likely N-dealkylation sites (tertiary alicyclic amines) is 1. The number of hydrogen-bond donors (Lipinski definition) is 1. The highest BCUT2D eigenvalue weighted by atomic mass is 19.1. The van der Waals surface area contributed by atoms with Crippen LogP contribution < -0.4 is 0 Å². The molecule has 0 bridgehead atoms. The quantitative estimate of drug-likeness (QED) is 0.881. The summed E-state index contributed by atoms with van der Waals surface area (Å²) in [5.74, 6) is -0.232. The minimum Gasteiger partial charge on any atom is -0.388 e. The minimum atomic E-state index is -0.562. The van der Waals surface area contributed by atoms with Crippen LogP contribution in [0.25, 0.3) is 0 Å². The van der Waals surface area contributed by atoms with E-state index in [2.05, 4.69) is 11.8 Å². The van der Waals surface area contributed by atoms with E-state index in [9.17, 15) is 9.50 Å². The molecule has 1 heterocycles. The second-order valence-corrected chi connectivity index (χ2v) is 5.55. The molecule has 3 heteroatoms. The van der Waals surface area contributed by atoms with E-state index in [4.69, 9.17) is 0 Å². The van der Waals surface area contributed by atoms with Crippen LogP contribution in [0.3, 0.4) is 0 Å². The van der Waals surface area contributed by atoms with Crippen molar-refractivity contribution < 1.29 is 9.50 Å². The summed E-state index contributed by atoms with van der Waals surface area (Å²) in [6.07, 6.45) is 3.82. The summed E-state index contributed by atoms with van der Waals surface area (Å²) in [7, 11) is 0. The van der Waals surface area contributed by atoms with Gasteiger partial charge in [0.2, 0.25) is 0 Å². The van der Waals surface area contributed by atoms with Gasteiger partial charge in [-0.1, -0.05) is 19.1 Å². The van der Waals surface area contributed by atoms with Crippen molar-refractivity contribution in [3.8, 4) is 0 Å². The summed E-state index contributed by atoms with van der Waals surface area (Å²) < 4.78 is 13.5. The van der Waals surface area contributed by atoms with Gasteiger partial charge >= 0.3 is 0 Å². The molecule has 1 aliphatic heterocycles. The average Bonchev–Trinajstić information content (AvgIpc) is 2.86. The zero-order chi connectivity index (χ0) is 13.8. The fourth-order valence-corrected chi connectivity index (χ4v) is 2.92. The van der Waals surface area contributed by atoms with Crippen LogP contribution in [-0.4, -0.2) is 29.1 Å². The SMILES string of the molecule is CCC1CCCN1CCC(O)c1ccc(C)c(F)c1. The van der Waals surface area contributed by atoms with Crippen LogP contribution >= 0.6 is 0 Å². The zero-order valence-corrected chi connectivity index (χ0v) is 11.9. The molecule has 1 aromatic rings. The Labute approximate surface area is 115 Å². The number of hydrogen-bond acceptors (Lipinski definition) is 2. The van der Waals surface area contributed by atoms with Crippen LogP contribution in [0.2, 0.25) is 0 Å². The van der Waals surface area contributed by atoms with Crippen molar-refractivity contribution in [1.29, 1.82) is 0 Å². The Kier molecular flexibility index (Phi) is 4.94. The largest absolute Gasteiger partial charge is 0.388 e. The lowest BCUT2D eigenvalue weighted by Crippen LogP contribution is -2.30. The first-order chi connectivity index (χ1) is 9.11. The van der Waals surface area contributed by atoms with Crippen LogP contribution in [0.5, 0.6) is 0 Å². The first-order valence-corrected chi connectivity index (χ1v) is 7.30. The van der Waals surface area contributed by atoms with Gasteiger partial charge in [0.05, 0.1) is 6.10 Å². The average molecular weight is 265 g/mol. The van der Waals surface area contributed by atoms with Gasteiger partial charge in [0, 0.05) is 12.6 Å². The Bertz CT molecular complexity index is 421. The Morgan fingerprint density at radius 3 is 2.95 bits per heavy atom. The van der Waals surface area contributed by atoms with Crippen molar-refractivity contribution in [2.24, 2.45) is 0 Å². The monoisotopic (exact) mass is 265 g/mol. The maximum atomic E-state index is 13.5. The highest BCUT2D eigenvalue weighted by molar-refractivity contribution is 5.24. The topological polar surface area (TPSA) is 23.5 Å². The summed E-state index contributed by atoms with van der Waals surface area (Å²) in [5, 5.41) is 10.2. The molecule has 1 N–H and O–H groups in total. The molecule has 1 saturated heterocycles. The van der Waals surface area contributed by atoms with E-state index in [1.807, 2.05) is 6.07 Å². The van der Waals surface area contributed by atoms with Gasteiger partial charge in [-0.2, -0.15) is 0 Å². The van der Waals surface area contributed by atoms with Crippen molar-refractivity contribution in [2.45, 2.75) is 51.7 Å². The Hall–Kier alpha value is -0.930. The Balaban J connectivity index is 1.90. The molecule has 2 rings (SSSR count). The van der Waals surface area contributed by atoms with Crippen molar-refractivity contribution >= 4 is 0 Å². The number of aryl methyl sites for hydroxylation is 1. The summed E-state index contributed by atoms with van der Waals surface area (Å²) in [6, 6.07) is 5.69. The number of aliphatic hydroxyl groups excluding tert-OH is 1. The van der Waals surface area contributed by atoms with Crippen LogP contribution in [0.4, 0.5) is 4.39 Å². The van der Waals surface area contributed by atoms with E-state index in [1.54, 1.807) is 13.0 Å². The zero-order valence-electron chi connectivity index (χ0n) is 11.9. The van der Waals surface area contributed by atoms with Crippen LogP contribution in [0, 0.1) is 12.7 Å². The highest BCUT2D eigenvalue weighted by Gasteiger charge is 2.23. The Morgan fingerprint density at radius 1 is 1.47 bits per heavy atom. The second-order valence-electron chi connectivity index (χ2n) is 5.55. The fraction of sp³-hybridized carbons (Fsp3) is 0.625. The molecule has 0 spiro atoms. The van der Waals surface area contributed by atoms with Crippen molar-refractivity contribution in [3.63, 3.8) is 0 Å². The van der Waals surface area contributed by atoms with Gasteiger partial charge in [0.1, 0.15) is 5.82 Å². The first kappa shape index (κ1) is 14.5. The second kappa shape index (κ2) is 6.49. The van der Waals surface area contributed by atoms with Crippen LogP contribution in [0.1, 0.15) is 49.8 Å². The van der Waals surface area contributed by atoms with Gasteiger partial charge in [-0.05, 0) is 56.3 Å². The third kappa shape index (κ3) is 3.54. The van der Waals surface area contributed by atoms with E-state index in [1.165, 1.54) is 25.3 Å². The van der Waals surface area contributed by atoms with Gasteiger partial charge in [-0.25, -0.2) is 4.39 Å². The smallest absolute Gasteiger partial charge is 0.126 e. The lowest BCUT2D eigenvalue weighted by molar-refractivity contribution is 0.136. The maximum absolute atomic E-state index is 13.5. The van der Waals surface area contributed by atoms with Gasteiger partial charge in [0.15, 0.2) is 0 Å². The van der Waals surface area contributed by atoms with E-state index >= 15 is 0 Å². The lowest BCUT2D eigenvalue weighted by Gasteiger charge is -2.24. The molecule has 0 radical (unpaired) electrons. The third-order valence-corrected chi connectivity index (χ3v) is 4.24. The van der Waals surface area contributed by atoms with Crippen molar-refractivity contribution in [1.82, 2.24) is 4.90 Å². The molecule has 2 unspecified atom stereocenters. The van der Waals surface area contributed by atoms with Gasteiger partial charge < -0.3 is 10.0 Å². The highest BCUT2D eigenvalue weighted by Crippen LogP contribution is 2.24. The molecule has 19 heavy (non-hydrogen) atoms. The summed E-state index contributed by atoms with van der Waals surface area (Å²) >= 11 is 0.